The molecular formula is C15H16BrNO3. The lowest BCUT2D eigenvalue weighted by atomic mass is 10.1. The maximum atomic E-state index is 10.8. The topological polar surface area (TPSA) is 53.7 Å². The molecule has 1 heterocycles. The Morgan fingerprint density at radius 3 is 2.65 bits per heavy atom. The quantitative estimate of drug-likeness (QED) is 0.870. The van der Waals surface area contributed by atoms with E-state index in [1.807, 2.05) is 48.2 Å². The summed E-state index contributed by atoms with van der Waals surface area (Å²) in [6.07, 6.45) is 0.0935. The maximum absolute atomic E-state index is 10.8. The van der Waals surface area contributed by atoms with E-state index in [4.69, 9.17) is 9.52 Å². The molecule has 2 aromatic rings. The lowest BCUT2D eigenvalue weighted by molar-refractivity contribution is -0.136. The van der Waals surface area contributed by atoms with Crippen molar-refractivity contribution < 1.29 is 14.3 Å². The number of hydrogen-bond donors (Lipinski definition) is 1. The lowest BCUT2D eigenvalue weighted by Gasteiger charge is -2.24. The Morgan fingerprint density at radius 2 is 2.05 bits per heavy atom. The molecule has 0 fully saturated rings. The second-order valence-corrected chi connectivity index (χ2v) is 5.34. The number of carboxylic acid groups (broad SMARTS) is 1. The third kappa shape index (κ3) is 3.87. The number of halogens is 1. The fourth-order valence-electron chi connectivity index (χ4n) is 2.06. The van der Waals surface area contributed by atoms with Crippen LogP contribution in [0.3, 0.4) is 0 Å². The van der Waals surface area contributed by atoms with E-state index >= 15 is 0 Å². The zero-order chi connectivity index (χ0) is 14.5. The van der Waals surface area contributed by atoms with Crippen LogP contribution in [-0.2, 0) is 11.3 Å². The van der Waals surface area contributed by atoms with E-state index in [1.165, 1.54) is 0 Å². The van der Waals surface area contributed by atoms with Crippen LogP contribution in [0.4, 0.5) is 5.69 Å². The van der Waals surface area contributed by atoms with Crippen LogP contribution in [0, 0.1) is 6.92 Å². The van der Waals surface area contributed by atoms with Crippen molar-refractivity contribution in [1.29, 1.82) is 0 Å². The van der Waals surface area contributed by atoms with Crippen molar-refractivity contribution in [3.05, 3.63) is 52.4 Å². The number of furan rings is 1. The second kappa shape index (κ2) is 6.61. The van der Waals surface area contributed by atoms with E-state index in [1.54, 1.807) is 0 Å². The van der Waals surface area contributed by atoms with E-state index < -0.39 is 5.97 Å². The van der Waals surface area contributed by atoms with Crippen LogP contribution >= 0.6 is 15.9 Å². The molecular weight excluding hydrogens is 322 g/mol. The largest absolute Gasteiger partial charge is 0.481 e. The second-order valence-electron chi connectivity index (χ2n) is 4.56. The van der Waals surface area contributed by atoms with Gasteiger partial charge in [0.15, 0.2) is 4.67 Å². The predicted octanol–water partition coefficient (Wildman–Crippen LogP) is 3.83. The number of carboxylic acids is 1. The average Bonchev–Trinajstić information content (AvgIpc) is 2.81. The monoisotopic (exact) mass is 337 g/mol. The van der Waals surface area contributed by atoms with Crippen LogP contribution in [0.2, 0.25) is 0 Å². The highest BCUT2D eigenvalue weighted by Gasteiger charge is 2.13. The molecule has 0 amide bonds. The number of rotatable bonds is 6. The molecule has 0 aliphatic heterocycles. The van der Waals surface area contributed by atoms with Crippen LogP contribution in [0.25, 0.3) is 0 Å². The van der Waals surface area contributed by atoms with E-state index in [0.717, 1.165) is 17.0 Å². The molecule has 1 N–H and O–H groups in total. The van der Waals surface area contributed by atoms with Crippen molar-refractivity contribution in [2.75, 3.05) is 11.4 Å². The summed E-state index contributed by atoms with van der Waals surface area (Å²) in [5, 5.41) is 8.89. The minimum absolute atomic E-state index is 0.0935. The molecule has 0 unspecified atom stereocenters. The van der Waals surface area contributed by atoms with E-state index in [0.29, 0.717) is 17.8 Å². The number of hydrogen-bond acceptors (Lipinski definition) is 3. The Bertz CT molecular complexity index is 594. The number of benzene rings is 1. The zero-order valence-electron chi connectivity index (χ0n) is 11.2. The van der Waals surface area contributed by atoms with Gasteiger partial charge < -0.3 is 14.4 Å². The highest BCUT2D eigenvalue weighted by molar-refractivity contribution is 9.10. The molecule has 106 valence electrons. The molecule has 0 radical (unpaired) electrons. The Balaban J connectivity index is 2.20. The van der Waals surface area contributed by atoms with Gasteiger partial charge in [-0.1, -0.05) is 18.2 Å². The van der Waals surface area contributed by atoms with Crippen LogP contribution in [0.1, 0.15) is 17.7 Å². The van der Waals surface area contributed by atoms with Crippen molar-refractivity contribution in [3.8, 4) is 0 Å². The van der Waals surface area contributed by atoms with Gasteiger partial charge in [0.2, 0.25) is 0 Å². The van der Waals surface area contributed by atoms with E-state index in [-0.39, 0.29) is 6.42 Å². The third-order valence-electron chi connectivity index (χ3n) is 3.03. The molecule has 0 saturated carbocycles. The highest BCUT2D eigenvalue weighted by Crippen LogP contribution is 2.23. The number of anilines is 1. The van der Waals surface area contributed by atoms with E-state index in [2.05, 4.69) is 15.9 Å². The normalized spacial score (nSPS) is 10.5. The van der Waals surface area contributed by atoms with Gasteiger partial charge in [-0.2, -0.15) is 0 Å². The minimum atomic E-state index is -0.802. The molecule has 0 bridgehead atoms. The molecule has 20 heavy (non-hydrogen) atoms. The van der Waals surface area contributed by atoms with Gasteiger partial charge in [0.25, 0.3) is 0 Å². The fraction of sp³-hybridized carbons (Fsp3) is 0.267. The smallest absolute Gasteiger partial charge is 0.305 e. The van der Waals surface area contributed by atoms with Crippen molar-refractivity contribution >= 4 is 27.6 Å². The summed E-state index contributed by atoms with van der Waals surface area (Å²) in [6, 6.07) is 11.7. The molecule has 0 aliphatic rings. The Labute approximate surface area is 126 Å². The summed E-state index contributed by atoms with van der Waals surface area (Å²) in [6.45, 7) is 3.00. The standard InChI is InChI=1S/C15H16BrNO3/c1-11-4-2-3-5-13(11)17(9-8-15(18)19)10-12-6-7-14(16)20-12/h2-7H,8-10H2,1H3,(H,18,19). The Kier molecular flexibility index (Phi) is 4.84. The summed E-state index contributed by atoms with van der Waals surface area (Å²) in [7, 11) is 0. The summed E-state index contributed by atoms with van der Waals surface area (Å²) in [5.41, 5.74) is 2.14. The van der Waals surface area contributed by atoms with Gasteiger partial charge in [-0.15, -0.1) is 0 Å². The van der Waals surface area contributed by atoms with E-state index in [9.17, 15) is 4.79 Å². The molecule has 1 aromatic carbocycles. The number of aliphatic carboxylic acids is 1. The molecule has 0 atom stereocenters. The van der Waals surface area contributed by atoms with Gasteiger partial charge in [-0.05, 0) is 46.6 Å². The molecule has 1 aromatic heterocycles. The first-order valence-electron chi connectivity index (χ1n) is 6.33. The molecule has 0 aliphatic carbocycles. The zero-order valence-corrected chi connectivity index (χ0v) is 12.8. The Hall–Kier alpha value is -1.75. The SMILES string of the molecule is Cc1ccccc1N(CCC(=O)O)Cc1ccc(Br)o1. The molecule has 5 heteroatoms. The van der Waals surface area contributed by atoms with Crippen molar-refractivity contribution in [1.82, 2.24) is 0 Å². The number of carbonyl (C=O) groups is 1. The van der Waals surface area contributed by atoms with Crippen LogP contribution in [0.15, 0.2) is 45.5 Å². The van der Waals surface area contributed by atoms with Gasteiger partial charge in [-0.3, -0.25) is 4.79 Å². The first-order chi connectivity index (χ1) is 9.56. The highest BCUT2D eigenvalue weighted by atomic mass is 79.9. The summed E-state index contributed by atoms with van der Waals surface area (Å²) >= 11 is 3.28. The average molecular weight is 338 g/mol. The fourth-order valence-corrected chi connectivity index (χ4v) is 2.40. The third-order valence-corrected chi connectivity index (χ3v) is 3.45. The van der Waals surface area contributed by atoms with Crippen molar-refractivity contribution in [2.24, 2.45) is 0 Å². The summed E-state index contributed by atoms with van der Waals surface area (Å²) in [5.74, 6) is -0.00488. The van der Waals surface area contributed by atoms with Gasteiger partial charge >= 0.3 is 5.97 Å². The first kappa shape index (κ1) is 14.7. The van der Waals surface area contributed by atoms with Gasteiger partial charge in [0.05, 0.1) is 13.0 Å². The van der Waals surface area contributed by atoms with Gasteiger partial charge in [-0.25, -0.2) is 0 Å². The summed E-state index contributed by atoms with van der Waals surface area (Å²) < 4.78 is 6.19. The predicted molar refractivity (Wildman–Crippen MR) is 80.9 cm³/mol. The van der Waals surface area contributed by atoms with Gasteiger partial charge in [0.1, 0.15) is 5.76 Å². The number of para-hydroxylation sites is 1. The summed E-state index contributed by atoms with van der Waals surface area (Å²) in [4.78, 5) is 12.8. The molecule has 2 rings (SSSR count). The van der Waals surface area contributed by atoms with Crippen LogP contribution < -0.4 is 4.90 Å². The maximum Gasteiger partial charge on any atom is 0.305 e. The molecule has 0 spiro atoms. The number of nitrogens with zero attached hydrogens (tertiary/aromatic N) is 1. The number of aryl methyl sites for hydroxylation is 1. The molecule has 0 saturated heterocycles. The van der Waals surface area contributed by atoms with Gasteiger partial charge in [0, 0.05) is 12.2 Å². The lowest BCUT2D eigenvalue weighted by Crippen LogP contribution is -2.26. The Morgan fingerprint density at radius 1 is 1.30 bits per heavy atom. The first-order valence-corrected chi connectivity index (χ1v) is 7.12. The molecule has 4 nitrogen and oxygen atoms in total. The van der Waals surface area contributed by atoms with Crippen LogP contribution in [-0.4, -0.2) is 17.6 Å². The van der Waals surface area contributed by atoms with Crippen LogP contribution in [0.5, 0.6) is 0 Å². The minimum Gasteiger partial charge on any atom is -0.481 e. The van der Waals surface area contributed by atoms with Crippen molar-refractivity contribution in [2.45, 2.75) is 19.9 Å². The van der Waals surface area contributed by atoms with Crippen molar-refractivity contribution in [3.63, 3.8) is 0 Å².